The Morgan fingerprint density at radius 3 is 2.46 bits per heavy atom. The summed E-state index contributed by atoms with van der Waals surface area (Å²) in [6.07, 6.45) is 12.0. The molecular weight excluding hydrogens is 893 g/mol. The summed E-state index contributed by atoms with van der Waals surface area (Å²) in [7, 11) is 0. The second-order valence-corrected chi connectivity index (χ2v) is 20.5. The number of rotatable bonds is 9. The SMILES string of the molecule is [2H]C([2H])([2H])n1cc(-c2ccnc(N3CCc4c(sc5c4CCCC5)C3=O)c2CO)cc(Nc2ccc(N3CCN([C@H]4CCN(c5ccc6c(c5)CN(C5CCC(=O)NC5=O)C6=O)[C@@H](C)C4)C[C@@H]3C)cn2)c1=O. The molecule has 3 saturated heterocycles. The van der Waals surface area contributed by atoms with E-state index in [1.54, 1.807) is 51.7 Å². The molecule has 1 aromatic carbocycles. The molecule has 358 valence electrons. The number of carbonyl (C=O) groups excluding carboxylic acids is 4. The molecule has 4 amide bonds. The third kappa shape index (κ3) is 8.17. The number of imide groups is 1. The number of piperidine rings is 2. The van der Waals surface area contributed by atoms with Crippen LogP contribution in [0.3, 0.4) is 0 Å². The Kier molecular flexibility index (Phi) is 10.9. The minimum absolute atomic E-state index is 0.0149. The summed E-state index contributed by atoms with van der Waals surface area (Å²) in [4.78, 5) is 87.3. The third-order valence-electron chi connectivity index (χ3n) is 15.3. The molecule has 6 aliphatic rings. The number of piperazine rings is 1. The van der Waals surface area contributed by atoms with Crippen molar-refractivity contribution in [3.8, 4) is 11.1 Å². The van der Waals surface area contributed by atoms with Gasteiger partial charge in [0.15, 0.2) is 0 Å². The van der Waals surface area contributed by atoms with Crippen LogP contribution in [-0.4, -0.2) is 110 Å². The zero-order chi connectivity index (χ0) is 50.2. The van der Waals surface area contributed by atoms with Crippen LogP contribution >= 0.6 is 11.3 Å². The van der Waals surface area contributed by atoms with E-state index in [2.05, 4.69) is 55.2 Å². The minimum atomic E-state index is -2.82. The molecule has 4 aromatic heterocycles. The number of nitrogens with one attached hydrogen (secondary N) is 2. The van der Waals surface area contributed by atoms with Crippen LogP contribution in [0, 0.1) is 0 Å². The van der Waals surface area contributed by atoms with E-state index in [4.69, 9.17) is 4.11 Å². The van der Waals surface area contributed by atoms with Crippen molar-refractivity contribution >= 4 is 63.7 Å². The molecule has 5 aromatic rings. The van der Waals surface area contributed by atoms with Gasteiger partial charge in [-0.3, -0.25) is 39.1 Å². The molecule has 0 radical (unpaired) electrons. The van der Waals surface area contributed by atoms with Gasteiger partial charge in [-0.1, -0.05) is 0 Å². The third-order valence-corrected chi connectivity index (χ3v) is 16.6. The van der Waals surface area contributed by atoms with Crippen molar-refractivity contribution in [2.45, 2.75) is 109 Å². The van der Waals surface area contributed by atoms with Crippen LogP contribution in [0.15, 0.2) is 65.8 Å². The minimum Gasteiger partial charge on any atom is -0.392 e. The summed E-state index contributed by atoms with van der Waals surface area (Å²) < 4.78 is 25.5. The second-order valence-electron chi connectivity index (χ2n) is 19.4. The first-order valence-corrected chi connectivity index (χ1v) is 25.1. The van der Waals surface area contributed by atoms with Gasteiger partial charge in [0.25, 0.3) is 17.4 Å². The Labute approximate surface area is 409 Å². The first-order chi connectivity index (χ1) is 34.6. The lowest BCUT2D eigenvalue weighted by molar-refractivity contribution is -0.136. The smallest absolute Gasteiger partial charge is 0.274 e. The van der Waals surface area contributed by atoms with E-state index >= 15 is 0 Å². The fourth-order valence-corrected chi connectivity index (χ4v) is 13.1. The van der Waals surface area contributed by atoms with Crippen molar-refractivity contribution in [3.05, 3.63) is 109 Å². The van der Waals surface area contributed by atoms with Crippen molar-refractivity contribution in [2.75, 3.05) is 52.7 Å². The van der Waals surface area contributed by atoms with Crippen LogP contribution in [0.4, 0.5) is 28.7 Å². The van der Waals surface area contributed by atoms with Crippen LogP contribution in [0.5, 0.6) is 0 Å². The van der Waals surface area contributed by atoms with E-state index in [1.807, 2.05) is 18.2 Å². The van der Waals surface area contributed by atoms with Gasteiger partial charge < -0.3 is 29.7 Å². The first kappa shape index (κ1) is 41.5. The zero-order valence-corrected chi connectivity index (χ0v) is 39.7. The molecular formula is C52H58N10O6S. The highest BCUT2D eigenvalue weighted by atomic mass is 32.1. The van der Waals surface area contributed by atoms with Gasteiger partial charge in [0.2, 0.25) is 11.8 Å². The largest absolute Gasteiger partial charge is 0.392 e. The van der Waals surface area contributed by atoms with Crippen LogP contribution < -0.4 is 30.9 Å². The highest BCUT2D eigenvalue weighted by molar-refractivity contribution is 7.14. The number of amides is 4. The highest BCUT2D eigenvalue weighted by Gasteiger charge is 2.40. The Bertz CT molecular complexity index is 3070. The van der Waals surface area contributed by atoms with Gasteiger partial charge in [-0.2, -0.15) is 0 Å². The Morgan fingerprint density at radius 2 is 1.68 bits per heavy atom. The molecule has 3 N–H and O–H groups in total. The Morgan fingerprint density at radius 1 is 0.841 bits per heavy atom. The maximum absolute atomic E-state index is 14.1. The second kappa shape index (κ2) is 18.1. The van der Waals surface area contributed by atoms with Gasteiger partial charge in [-0.25, -0.2) is 9.97 Å². The topological polar surface area (TPSA) is 177 Å². The van der Waals surface area contributed by atoms with Crippen LogP contribution in [0.25, 0.3) is 11.1 Å². The number of carbonyl (C=O) groups is 4. The number of nitrogens with zero attached hydrogens (tertiary/aromatic N) is 8. The number of aliphatic hydroxyl groups excluding tert-OH is 1. The van der Waals surface area contributed by atoms with E-state index < -0.39 is 31.1 Å². The maximum Gasteiger partial charge on any atom is 0.274 e. The molecule has 1 aliphatic carbocycles. The molecule has 4 atom stereocenters. The maximum atomic E-state index is 14.1. The predicted molar refractivity (Wildman–Crippen MR) is 265 cm³/mol. The van der Waals surface area contributed by atoms with E-state index in [0.29, 0.717) is 70.4 Å². The summed E-state index contributed by atoms with van der Waals surface area (Å²) in [5, 5.41) is 16.3. The standard InChI is InChI=1S/C52H58N10O6S/c1-30-22-34(15-18-59(30)35-8-10-38-32(23-35)28-62(50(38)66)43-11-13-46(64)56-49(43)65)58-20-21-60(31(2)26-58)36-9-12-45(54-25-36)55-42-24-33(27-57(3)51(42)67)37-14-17-53-48(41(37)29-63)61-19-16-40-39-6-4-5-7-44(39)69-47(40)52(61)68/h8-10,12,14,17,23-25,27,30-31,34,43,63H,4-7,11,13,15-16,18-22,26,28-29H2,1-3H3,(H,54,55)(H,56,64,65)/t30-,31-,34-,43?/m0/s1/i3D3. The van der Waals surface area contributed by atoms with Gasteiger partial charge in [0, 0.05) is 115 Å². The molecule has 0 saturated carbocycles. The summed E-state index contributed by atoms with van der Waals surface area (Å²) in [5.41, 5.74) is 6.33. The number of aryl methyl sites for hydroxylation is 2. The summed E-state index contributed by atoms with van der Waals surface area (Å²) in [6, 6.07) is 13.1. The molecule has 0 spiro atoms. The molecule has 9 heterocycles. The van der Waals surface area contributed by atoms with Gasteiger partial charge in [-0.15, -0.1) is 11.3 Å². The highest BCUT2D eigenvalue weighted by Crippen LogP contribution is 2.41. The van der Waals surface area contributed by atoms with E-state index in [1.165, 1.54) is 16.6 Å². The van der Waals surface area contributed by atoms with Crippen molar-refractivity contribution in [1.29, 1.82) is 0 Å². The molecule has 0 bridgehead atoms. The molecule has 17 heteroatoms. The number of pyridine rings is 3. The lowest BCUT2D eigenvalue weighted by Crippen LogP contribution is -2.58. The molecule has 3 fully saturated rings. The average molecular weight is 954 g/mol. The number of aromatic nitrogens is 3. The number of fused-ring (bicyclic) bond motifs is 4. The van der Waals surface area contributed by atoms with Crippen molar-refractivity contribution in [3.63, 3.8) is 0 Å². The number of thiophene rings is 1. The van der Waals surface area contributed by atoms with E-state index in [-0.39, 0.29) is 41.9 Å². The fourth-order valence-electron chi connectivity index (χ4n) is 11.7. The number of anilines is 5. The van der Waals surface area contributed by atoms with E-state index in [0.717, 1.165) is 92.1 Å². The summed E-state index contributed by atoms with van der Waals surface area (Å²) in [5.74, 6) is -0.374. The number of hydrogen-bond acceptors (Lipinski definition) is 13. The van der Waals surface area contributed by atoms with Gasteiger partial charge in [0.1, 0.15) is 23.4 Å². The predicted octanol–water partition coefficient (Wildman–Crippen LogP) is 5.55. The summed E-state index contributed by atoms with van der Waals surface area (Å²) in [6.45, 7) is 5.31. The molecule has 11 rings (SSSR count). The van der Waals surface area contributed by atoms with Gasteiger partial charge in [-0.05, 0) is 130 Å². The van der Waals surface area contributed by atoms with Gasteiger partial charge >= 0.3 is 0 Å². The van der Waals surface area contributed by atoms with Crippen LogP contribution in [-0.2, 0) is 49.0 Å². The Balaban J connectivity index is 0.749. The Hall–Kier alpha value is -6.43. The summed E-state index contributed by atoms with van der Waals surface area (Å²) >= 11 is 1.57. The number of aliphatic hydroxyl groups is 1. The molecule has 16 nitrogen and oxygen atoms in total. The van der Waals surface area contributed by atoms with Crippen molar-refractivity contribution in [2.24, 2.45) is 6.98 Å². The van der Waals surface area contributed by atoms with Gasteiger partial charge in [0.05, 0.1) is 23.4 Å². The monoisotopic (exact) mass is 953 g/mol. The van der Waals surface area contributed by atoms with Crippen molar-refractivity contribution < 1.29 is 28.4 Å². The number of hydrogen-bond donors (Lipinski definition) is 3. The lowest BCUT2D eigenvalue weighted by Gasteiger charge is -2.48. The molecule has 5 aliphatic heterocycles. The number of benzene rings is 1. The molecule has 1 unspecified atom stereocenters. The quantitative estimate of drug-likeness (QED) is 0.157. The fraction of sp³-hybridized carbons (Fsp3) is 0.442. The first-order valence-electron chi connectivity index (χ1n) is 25.7. The molecule has 69 heavy (non-hydrogen) atoms. The zero-order valence-electron chi connectivity index (χ0n) is 41.9. The average Bonchev–Trinajstić information content (AvgIpc) is 3.91. The lowest BCUT2D eigenvalue weighted by atomic mass is 9.92. The normalized spacial score (nSPS) is 23.8. The van der Waals surface area contributed by atoms with E-state index in [9.17, 15) is 29.1 Å². The van der Waals surface area contributed by atoms with Crippen molar-refractivity contribution in [1.82, 2.24) is 29.7 Å². The van der Waals surface area contributed by atoms with Crippen LogP contribution in [0.1, 0.15) is 104 Å². The van der Waals surface area contributed by atoms with Crippen LogP contribution in [0.2, 0.25) is 0 Å².